The number of likely N-dealkylation sites (N-methyl/N-ethyl adjacent to an activating group) is 1. The molecule has 8 heteroatoms. The minimum Gasteiger partial charge on any atom is -0.756 e. The van der Waals surface area contributed by atoms with Crippen LogP contribution >= 0.6 is 7.82 Å². The molecule has 0 bridgehead atoms. The van der Waals surface area contributed by atoms with Gasteiger partial charge < -0.3 is 28.3 Å². The highest BCUT2D eigenvalue weighted by Gasteiger charge is 2.15. The first kappa shape index (κ1) is 26.0. The number of phosphoric acid groups is 1. The number of nitrogens with zero attached hydrogens (tertiary/aromatic N) is 1. The average Bonchev–Trinajstić information content (AvgIpc) is 2.53. The Balaban J connectivity index is 3.55. The summed E-state index contributed by atoms with van der Waals surface area (Å²) in [7, 11) is 1.44. The van der Waals surface area contributed by atoms with E-state index in [0.717, 1.165) is 12.8 Å². The first-order valence-electron chi connectivity index (χ1n) is 9.82. The van der Waals surface area contributed by atoms with Crippen molar-refractivity contribution in [3.63, 3.8) is 0 Å². The van der Waals surface area contributed by atoms with Crippen LogP contribution in [0.25, 0.3) is 0 Å². The van der Waals surface area contributed by atoms with Gasteiger partial charge in [-0.2, -0.15) is 0 Å². The van der Waals surface area contributed by atoms with Crippen molar-refractivity contribution in [2.45, 2.75) is 64.4 Å². The lowest BCUT2D eigenvalue weighted by Crippen LogP contribution is -2.37. The Labute approximate surface area is 159 Å². The molecule has 0 aromatic heterocycles. The van der Waals surface area contributed by atoms with Crippen LogP contribution in [0.1, 0.15) is 58.3 Å². The van der Waals surface area contributed by atoms with E-state index in [1.165, 1.54) is 38.5 Å². The van der Waals surface area contributed by atoms with Crippen LogP contribution in [-0.4, -0.2) is 69.8 Å². The molecule has 0 aliphatic carbocycles. The summed E-state index contributed by atoms with van der Waals surface area (Å²) < 4.78 is 27.0. The van der Waals surface area contributed by atoms with Crippen molar-refractivity contribution < 1.29 is 32.8 Å². The summed E-state index contributed by atoms with van der Waals surface area (Å²) in [6.45, 7) is 3.10. The molecule has 0 spiro atoms. The van der Waals surface area contributed by atoms with Crippen molar-refractivity contribution in [3.8, 4) is 0 Å². The van der Waals surface area contributed by atoms with Gasteiger partial charge >= 0.3 is 0 Å². The Morgan fingerprint density at radius 2 is 1.50 bits per heavy atom. The summed E-state index contributed by atoms with van der Waals surface area (Å²) in [5, 5.41) is 9.72. The second-order valence-electron chi connectivity index (χ2n) is 7.79. The fraction of sp³-hybridized carbons (Fsp3) is 1.00. The molecule has 0 radical (unpaired) electrons. The Kier molecular flexibility index (Phi) is 15.0. The number of hydrogen-bond acceptors (Lipinski definition) is 6. The standard InChI is InChI=1S/C18H40NO6P/c1-5-6-7-8-9-10-11-12-14-23-16-18(20)17-25-26(21,22)24-15-13-19(2,3)4/h18,20H,5-17H2,1-4H3/t18-/m1/s1. The molecule has 0 aliphatic heterocycles. The molecule has 0 fully saturated rings. The molecule has 7 nitrogen and oxygen atoms in total. The van der Waals surface area contributed by atoms with Crippen molar-refractivity contribution in [1.82, 2.24) is 0 Å². The predicted octanol–water partition coefficient (Wildman–Crippen LogP) is 2.71. The third-order valence-electron chi connectivity index (χ3n) is 3.89. The van der Waals surface area contributed by atoms with Crippen LogP contribution in [0, 0.1) is 0 Å². The molecule has 158 valence electrons. The maximum absolute atomic E-state index is 11.6. The van der Waals surface area contributed by atoms with Crippen LogP contribution in [-0.2, 0) is 18.3 Å². The van der Waals surface area contributed by atoms with Gasteiger partial charge in [-0.3, -0.25) is 4.57 Å². The third-order valence-corrected chi connectivity index (χ3v) is 4.85. The molecule has 0 heterocycles. The monoisotopic (exact) mass is 397 g/mol. The summed E-state index contributed by atoms with van der Waals surface area (Å²) in [4.78, 5) is 11.6. The van der Waals surface area contributed by atoms with Gasteiger partial charge in [0.15, 0.2) is 0 Å². The highest BCUT2D eigenvalue weighted by molar-refractivity contribution is 7.45. The quantitative estimate of drug-likeness (QED) is 0.217. The molecule has 0 aromatic carbocycles. The first-order chi connectivity index (χ1) is 12.2. The summed E-state index contributed by atoms with van der Waals surface area (Å²) in [6.07, 6.45) is 8.78. The van der Waals surface area contributed by atoms with Crippen molar-refractivity contribution in [2.24, 2.45) is 0 Å². The molecule has 26 heavy (non-hydrogen) atoms. The van der Waals surface area contributed by atoms with Crippen molar-refractivity contribution in [2.75, 3.05) is 54.1 Å². The highest BCUT2D eigenvalue weighted by atomic mass is 31.2. The first-order valence-corrected chi connectivity index (χ1v) is 11.3. The number of rotatable bonds is 18. The van der Waals surface area contributed by atoms with Gasteiger partial charge in [0.05, 0.1) is 34.4 Å². The van der Waals surface area contributed by atoms with Crippen molar-refractivity contribution in [1.29, 1.82) is 0 Å². The number of ether oxygens (including phenoxy) is 1. The van der Waals surface area contributed by atoms with E-state index in [9.17, 15) is 14.6 Å². The van der Waals surface area contributed by atoms with Crippen LogP contribution < -0.4 is 4.89 Å². The molecule has 0 aromatic rings. The van der Waals surface area contributed by atoms with E-state index in [1.54, 1.807) is 0 Å². The Hall–Kier alpha value is -0.0100. The largest absolute Gasteiger partial charge is 0.756 e. The third kappa shape index (κ3) is 18.8. The topological polar surface area (TPSA) is 88.0 Å². The normalized spacial score (nSPS) is 15.8. The lowest BCUT2D eigenvalue weighted by atomic mass is 10.1. The van der Waals surface area contributed by atoms with Gasteiger partial charge in [0.25, 0.3) is 7.82 Å². The van der Waals surface area contributed by atoms with Gasteiger partial charge in [-0.25, -0.2) is 0 Å². The van der Waals surface area contributed by atoms with Crippen LogP contribution in [0.3, 0.4) is 0 Å². The van der Waals surface area contributed by atoms with Gasteiger partial charge in [-0.05, 0) is 6.42 Å². The molecule has 2 atom stereocenters. The Bertz CT molecular complexity index is 375. The summed E-state index contributed by atoms with van der Waals surface area (Å²) in [6, 6.07) is 0. The molecule has 0 saturated carbocycles. The van der Waals surface area contributed by atoms with Gasteiger partial charge in [0.1, 0.15) is 19.3 Å². The predicted molar refractivity (Wildman–Crippen MR) is 102 cm³/mol. The lowest BCUT2D eigenvalue weighted by molar-refractivity contribution is -0.870. The van der Waals surface area contributed by atoms with E-state index in [-0.39, 0.29) is 19.8 Å². The minimum absolute atomic E-state index is 0.0509. The molecule has 1 unspecified atom stereocenters. The summed E-state index contributed by atoms with van der Waals surface area (Å²) >= 11 is 0. The molecule has 0 saturated heterocycles. The molecule has 0 amide bonds. The van der Waals surface area contributed by atoms with Crippen LogP contribution in [0.5, 0.6) is 0 Å². The van der Waals surface area contributed by atoms with Gasteiger partial charge in [0.2, 0.25) is 0 Å². The van der Waals surface area contributed by atoms with E-state index >= 15 is 0 Å². The number of aliphatic hydroxyl groups excluding tert-OH is 1. The SMILES string of the molecule is CCCCCCCCCCOC[C@@H](O)COP(=O)([O-])OCC[N+](C)(C)C. The summed E-state index contributed by atoms with van der Waals surface area (Å²) in [5.74, 6) is 0. The lowest BCUT2D eigenvalue weighted by Gasteiger charge is -2.27. The zero-order valence-electron chi connectivity index (χ0n) is 17.2. The number of quaternary nitrogens is 1. The number of hydrogen-bond donors (Lipinski definition) is 1. The van der Waals surface area contributed by atoms with Crippen molar-refractivity contribution in [3.05, 3.63) is 0 Å². The van der Waals surface area contributed by atoms with Gasteiger partial charge in [0, 0.05) is 6.61 Å². The Morgan fingerprint density at radius 1 is 0.923 bits per heavy atom. The molecule has 0 rings (SSSR count). The van der Waals surface area contributed by atoms with E-state index in [1.807, 2.05) is 21.1 Å². The molecular formula is C18H40NO6P. The smallest absolute Gasteiger partial charge is 0.268 e. The maximum atomic E-state index is 11.6. The van der Waals surface area contributed by atoms with Crippen molar-refractivity contribution >= 4 is 7.82 Å². The van der Waals surface area contributed by atoms with E-state index in [4.69, 9.17) is 9.26 Å². The molecule has 1 N–H and O–H groups in total. The second kappa shape index (κ2) is 15.0. The fourth-order valence-corrected chi connectivity index (χ4v) is 2.98. The zero-order valence-corrected chi connectivity index (χ0v) is 18.0. The summed E-state index contributed by atoms with van der Waals surface area (Å²) in [5.41, 5.74) is 0. The van der Waals surface area contributed by atoms with Crippen LogP contribution in [0.4, 0.5) is 0 Å². The highest BCUT2D eigenvalue weighted by Crippen LogP contribution is 2.38. The Morgan fingerprint density at radius 3 is 2.08 bits per heavy atom. The second-order valence-corrected chi connectivity index (χ2v) is 9.20. The van der Waals surface area contributed by atoms with Gasteiger partial charge in [-0.1, -0.05) is 51.9 Å². The maximum Gasteiger partial charge on any atom is 0.268 e. The average molecular weight is 397 g/mol. The van der Waals surface area contributed by atoms with E-state index < -0.39 is 13.9 Å². The van der Waals surface area contributed by atoms with Gasteiger partial charge in [-0.15, -0.1) is 0 Å². The minimum atomic E-state index is -4.37. The van der Waals surface area contributed by atoms with E-state index in [0.29, 0.717) is 17.6 Å². The zero-order chi connectivity index (χ0) is 19.9. The van der Waals surface area contributed by atoms with Crippen LogP contribution in [0.15, 0.2) is 0 Å². The fourth-order valence-electron chi connectivity index (χ4n) is 2.25. The van der Waals surface area contributed by atoms with Crippen LogP contribution in [0.2, 0.25) is 0 Å². The number of phosphoric ester groups is 1. The molecular weight excluding hydrogens is 357 g/mol. The number of unbranched alkanes of at least 4 members (excludes halogenated alkanes) is 7. The van der Waals surface area contributed by atoms with E-state index in [2.05, 4.69) is 11.4 Å². The molecule has 0 aliphatic rings. The number of aliphatic hydroxyl groups is 1.